The summed E-state index contributed by atoms with van der Waals surface area (Å²) in [4.78, 5) is 22.4. The topological polar surface area (TPSA) is 46.2 Å². The zero-order chi connectivity index (χ0) is 13.9. The van der Waals surface area contributed by atoms with Crippen molar-refractivity contribution in [2.45, 2.75) is 13.1 Å². The number of ketones is 1. The Morgan fingerprint density at radius 2 is 1.94 bits per heavy atom. The molecule has 0 aliphatic heterocycles. The number of rotatable bonds is 3. The first kappa shape index (κ1) is 14.7. The molecule has 7 heteroatoms. The largest absolute Gasteiger partial charge is 0.416 e. The molecule has 0 unspecified atom stereocenters. The number of hydrogen-bond donors (Lipinski definition) is 1. The molecule has 1 N–H and O–H groups in total. The van der Waals surface area contributed by atoms with Crippen LogP contribution in [0.4, 0.5) is 18.9 Å². The van der Waals surface area contributed by atoms with E-state index in [2.05, 4.69) is 21.2 Å². The normalized spacial score (nSPS) is 11.2. The highest BCUT2D eigenvalue weighted by Crippen LogP contribution is 2.32. The maximum atomic E-state index is 12.5. The molecule has 0 atom stereocenters. The van der Waals surface area contributed by atoms with E-state index in [0.29, 0.717) is 0 Å². The maximum absolute atomic E-state index is 12.5. The SMILES string of the molecule is CC(=O)Nc1ccc(C(F)(F)F)cc1C(=O)CBr. The third kappa shape index (κ3) is 3.56. The van der Waals surface area contributed by atoms with Gasteiger partial charge in [-0.15, -0.1) is 0 Å². The number of carbonyl (C=O) groups excluding carboxylic acids is 2. The number of benzene rings is 1. The fraction of sp³-hybridized carbons (Fsp3) is 0.273. The monoisotopic (exact) mass is 323 g/mol. The summed E-state index contributed by atoms with van der Waals surface area (Å²) in [6.07, 6.45) is -4.53. The van der Waals surface area contributed by atoms with Crippen LogP contribution in [0.3, 0.4) is 0 Å². The van der Waals surface area contributed by atoms with Gasteiger partial charge < -0.3 is 5.32 Å². The Balaban J connectivity index is 3.29. The minimum atomic E-state index is -4.53. The highest BCUT2D eigenvalue weighted by Gasteiger charge is 2.31. The molecular weight excluding hydrogens is 315 g/mol. The Morgan fingerprint density at radius 1 is 1.33 bits per heavy atom. The number of anilines is 1. The van der Waals surface area contributed by atoms with Crippen molar-refractivity contribution < 1.29 is 22.8 Å². The molecular formula is C11H9BrF3NO2. The smallest absolute Gasteiger partial charge is 0.326 e. The van der Waals surface area contributed by atoms with E-state index in [0.717, 1.165) is 18.2 Å². The van der Waals surface area contributed by atoms with Crippen LogP contribution in [-0.2, 0) is 11.0 Å². The molecule has 0 aromatic heterocycles. The van der Waals surface area contributed by atoms with Gasteiger partial charge in [-0.1, -0.05) is 15.9 Å². The van der Waals surface area contributed by atoms with E-state index in [1.54, 1.807) is 0 Å². The Hall–Kier alpha value is -1.37. The predicted molar refractivity (Wildman–Crippen MR) is 63.9 cm³/mol. The van der Waals surface area contributed by atoms with Crippen molar-refractivity contribution in [1.82, 2.24) is 0 Å². The van der Waals surface area contributed by atoms with Crippen molar-refractivity contribution in [2.75, 3.05) is 10.6 Å². The number of halogens is 4. The fourth-order valence-electron chi connectivity index (χ4n) is 1.32. The van der Waals surface area contributed by atoms with Crippen molar-refractivity contribution >= 4 is 33.3 Å². The van der Waals surface area contributed by atoms with E-state index >= 15 is 0 Å². The number of Topliss-reactive ketones (excluding diaryl/α,β-unsaturated/α-hetero) is 1. The quantitative estimate of drug-likeness (QED) is 0.685. The molecule has 0 bridgehead atoms. The summed E-state index contributed by atoms with van der Waals surface area (Å²) in [6.45, 7) is 1.21. The van der Waals surface area contributed by atoms with Gasteiger partial charge in [-0.25, -0.2) is 0 Å². The highest BCUT2D eigenvalue weighted by atomic mass is 79.9. The molecule has 3 nitrogen and oxygen atoms in total. The van der Waals surface area contributed by atoms with Gasteiger partial charge in [0.25, 0.3) is 0 Å². The van der Waals surface area contributed by atoms with Gasteiger partial charge in [0.2, 0.25) is 5.91 Å². The van der Waals surface area contributed by atoms with Crippen LogP contribution in [0.5, 0.6) is 0 Å². The third-order valence-corrected chi connectivity index (χ3v) is 2.59. The number of carbonyl (C=O) groups is 2. The summed E-state index contributed by atoms with van der Waals surface area (Å²) in [5.74, 6) is -0.997. The van der Waals surface area contributed by atoms with Crippen LogP contribution in [-0.4, -0.2) is 17.0 Å². The van der Waals surface area contributed by atoms with E-state index in [1.807, 2.05) is 0 Å². The van der Waals surface area contributed by atoms with Crippen LogP contribution in [0, 0.1) is 0 Å². The summed E-state index contributed by atoms with van der Waals surface area (Å²) >= 11 is 2.88. The maximum Gasteiger partial charge on any atom is 0.416 e. The van der Waals surface area contributed by atoms with E-state index in [1.165, 1.54) is 6.92 Å². The molecule has 0 fully saturated rings. The summed E-state index contributed by atoms with van der Waals surface area (Å²) < 4.78 is 37.6. The molecule has 0 aliphatic carbocycles. The second-order valence-corrected chi connectivity index (χ2v) is 4.06. The van der Waals surface area contributed by atoms with Gasteiger partial charge in [-0.2, -0.15) is 13.2 Å². The highest BCUT2D eigenvalue weighted by molar-refractivity contribution is 9.09. The molecule has 0 radical (unpaired) electrons. The molecule has 1 aromatic carbocycles. The summed E-state index contributed by atoms with van der Waals surface area (Å²) in [6, 6.07) is 2.62. The average Bonchev–Trinajstić information content (AvgIpc) is 2.26. The number of alkyl halides is 4. The lowest BCUT2D eigenvalue weighted by Crippen LogP contribution is -2.14. The van der Waals surface area contributed by atoms with Crippen molar-refractivity contribution in [3.8, 4) is 0 Å². The molecule has 1 amide bonds. The fourth-order valence-corrected chi connectivity index (χ4v) is 1.62. The predicted octanol–water partition coefficient (Wildman–Crippen LogP) is 3.24. The van der Waals surface area contributed by atoms with E-state index < -0.39 is 23.4 Å². The Morgan fingerprint density at radius 3 is 2.39 bits per heavy atom. The summed E-state index contributed by atoms with van der Waals surface area (Å²) in [5.41, 5.74) is -1.03. The lowest BCUT2D eigenvalue weighted by Gasteiger charge is -2.12. The third-order valence-electron chi connectivity index (χ3n) is 2.08. The van der Waals surface area contributed by atoms with Crippen LogP contribution < -0.4 is 5.32 Å². The molecule has 0 aliphatic rings. The summed E-state index contributed by atoms with van der Waals surface area (Å²) in [5, 5.41) is 2.20. The standard InChI is InChI=1S/C11H9BrF3NO2/c1-6(17)16-9-3-2-7(11(13,14)15)4-8(9)10(18)5-12/h2-4H,5H2,1H3,(H,16,17). The average molecular weight is 324 g/mol. The number of hydrogen-bond acceptors (Lipinski definition) is 2. The molecule has 0 saturated carbocycles. The Labute approximate surface area is 109 Å². The Bertz CT molecular complexity index is 486. The van der Waals surface area contributed by atoms with Crippen molar-refractivity contribution in [3.63, 3.8) is 0 Å². The first-order valence-corrected chi connectivity index (χ1v) is 5.96. The second-order valence-electron chi connectivity index (χ2n) is 3.50. The van der Waals surface area contributed by atoms with Gasteiger partial charge in [-0.3, -0.25) is 9.59 Å². The van der Waals surface area contributed by atoms with Gasteiger partial charge in [0.15, 0.2) is 5.78 Å². The Kier molecular flexibility index (Phi) is 4.50. The minimum Gasteiger partial charge on any atom is -0.326 e. The van der Waals surface area contributed by atoms with Crippen LogP contribution in [0.2, 0.25) is 0 Å². The molecule has 0 saturated heterocycles. The first-order valence-electron chi connectivity index (χ1n) is 4.83. The molecule has 98 valence electrons. The van der Waals surface area contributed by atoms with E-state index in [4.69, 9.17) is 0 Å². The van der Waals surface area contributed by atoms with Crippen molar-refractivity contribution in [2.24, 2.45) is 0 Å². The van der Waals surface area contributed by atoms with Crippen LogP contribution in [0.15, 0.2) is 18.2 Å². The first-order chi connectivity index (χ1) is 8.25. The zero-order valence-electron chi connectivity index (χ0n) is 9.27. The van der Waals surface area contributed by atoms with Gasteiger partial charge in [-0.05, 0) is 18.2 Å². The van der Waals surface area contributed by atoms with Crippen LogP contribution >= 0.6 is 15.9 Å². The van der Waals surface area contributed by atoms with E-state index in [9.17, 15) is 22.8 Å². The van der Waals surface area contributed by atoms with Gasteiger partial charge in [0.05, 0.1) is 16.6 Å². The molecule has 1 aromatic rings. The van der Waals surface area contributed by atoms with E-state index in [-0.39, 0.29) is 16.6 Å². The molecule has 18 heavy (non-hydrogen) atoms. The zero-order valence-corrected chi connectivity index (χ0v) is 10.9. The molecule has 1 rings (SSSR count). The lowest BCUT2D eigenvalue weighted by atomic mass is 10.0. The molecule has 0 spiro atoms. The molecule has 0 heterocycles. The van der Waals surface area contributed by atoms with Crippen molar-refractivity contribution in [3.05, 3.63) is 29.3 Å². The van der Waals surface area contributed by atoms with Gasteiger partial charge in [0.1, 0.15) is 0 Å². The lowest BCUT2D eigenvalue weighted by molar-refractivity contribution is -0.137. The number of amides is 1. The van der Waals surface area contributed by atoms with Crippen molar-refractivity contribution in [1.29, 1.82) is 0 Å². The van der Waals surface area contributed by atoms with Crippen LogP contribution in [0.1, 0.15) is 22.8 Å². The van der Waals surface area contributed by atoms with Gasteiger partial charge in [0, 0.05) is 12.5 Å². The van der Waals surface area contributed by atoms with Crippen LogP contribution in [0.25, 0.3) is 0 Å². The minimum absolute atomic E-state index is 0.0694. The number of nitrogens with one attached hydrogen (secondary N) is 1. The second kappa shape index (κ2) is 5.51. The summed E-state index contributed by atoms with van der Waals surface area (Å²) in [7, 11) is 0. The van der Waals surface area contributed by atoms with Gasteiger partial charge >= 0.3 is 6.18 Å².